The van der Waals surface area contributed by atoms with Crippen LogP contribution in [0.15, 0.2) is 385 Å². The molecule has 0 N–H and O–H groups in total. The summed E-state index contributed by atoms with van der Waals surface area (Å²) in [6, 6.07) is 109. The number of nitrogens with zero attached hydrogens (tertiary/aromatic N) is 10. The Morgan fingerprint density at radius 1 is 0.338 bits per heavy atom. The summed E-state index contributed by atoms with van der Waals surface area (Å²) in [6.07, 6.45) is 11.9. The first kappa shape index (κ1) is 84.1. The molecule has 17 aromatic heterocycles. The molecular formula is C111H71Br5N10O6S. The van der Waals surface area contributed by atoms with Crippen molar-refractivity contribution < 1.29 is 28.2 Å². The predicted octanol–water partition coefficient (Wildman–Crippen LogP) is 31.0. The van der Waals surface area contributed by atoms with Crippen molar-refractivity contribution in [1.29, 1.82) is 0 Å². The van der Waals surface area contributed by atoms with Gasteiger partial charge in [-0.2, -0.15) is 0 Å². The van der Waals surface area contributed by atoms with Crippen molar-refractivity contribution >= 4 is 250 Å². The fraction of sp³-hybridized carbons (Fsp3) is 0.0360. The monoisotopic (exact) mass is 2070 g/mol. The average Bonchev–Trinajstić information content (AvgIpc) is 1.56. The lowest BCUT2D eigenvalue weighted by Crippen LogP contribution is -2.01. The Bertz CT molecular complexity index is 9220. The zero-order valence-electron chi connectivity index (χ0n) is 71.3. The number of hydrogen-bond acceptors (Lipinski definition) is 12. The molecule has 0 saturated carbocycles. The SMILES string of the molecule is Brc1ccc2cc3c4ccccc4nc(-c4ccc(Br)s4)c3n2c1.Brc1ccc2cc3c4ccccc4nc(-c4cccc5ccccc45)c3n2c1.Brc1ccc2cc3c4ccccc4nc(-c4ccco4)c3n2c1.COC(=O)c1c2c3ccccc3nc(-c3cc(C)cc(OC)c3)c2n2ccccc12.COC(=O)c1c2c3ccccc3nc(-c3ccc(Br)cc3)c2n2ccccc12. The third kappa shape index (κ3) is 15.1. The number of aromatic nitrogens is 10. The Morgan fingerprint density at radius 2 is 0.759 bits per heavy atom. The highest BCUT2D eigenvalue weighted by Gasteiger charge is 2.29. The number of furan rings is 1. The first-order valence-corrected chi connectivity index (χ1v) is 47.4. The number of halogens is 5. The molecule has 0 aliphatic rings. The Morgan fingerprint density at radius 3 is 1.24 bits per heavy atom. The van der Waals surface area contributed by atoms with E-state index in [0.717, 1.165) is 193 Å². The first-order chi connectivity index (χ1) is 65.1. The number of methoxy groups -OCH3 is 3. The van der Waals surface area contributed by atoms with Crippen molar-refractivity contribution in [3.8, 4) is 61.5 Å². The van der Waals surface area contributed by atoms with E-state index in [0.29, 0.717) is 11.1 Å². The molecule has 0 saturated heterocycles. The lowest BCUT2D eigenvalue weighted by Gasteiger charge is -2.11. The maximum Gasteiger partial charge on any atom is 0.340 e. The first-order valence-electron chi connectivity index (χ1n) is 42.6. The van der Waals surface area contributed by atoms with Crippen molar-refractivity contribution in [1.82, 2.24) is 46.9 Å². The van der Waals surface area contributed by atoms with Crippen molar-refractivity contribution in [2.24, 2.45) is 0 Å². The standard InChI is InChI=1S/C25H15BrN2.C25H20N2O3.C23H15BrN2O2.C19H10Br2N2S.C19H11BrN2O/c26-17-12-13-18-14-22-20-9-3-4-11-23(20)27-24(25(22)28(18)15-17)21-10-5-7-16-6-1-2-8-19(16)21;1-15-12-16(14-17(13-15)29-2)23-24-21(18-8-4-5-9-19(18)26-23)22(25(28)30-3)20-10-6-7-11-27(20)24;1-28-23(27)20-18-8-4-5-13-26(18)22-19(20)16-6-2-3-7-17(16)25-21(22)14-9-11-15(24)12-10-14;20-11-5-6-12-9-14-13-3-1-2-4-15(13)22-18(19(14)23(12)10-11)16-7-8-17(21)24-16;20-12-7-8-13-10-15-14-4-1-2-5-16(14)21-18(17-6-3-9-23-17)19(15)22(13)11-12/h1-15H;4-14H,1-3H3;2-13H,1H3;1-10H;1-11H. The second kappa shape index (κ2) is 35.0. The van der Waals surface area contributed by atoms with Gasteiger partial charge in [0.1, 0.15) is 17.1 Å². The Kier molecular flexibility index (Phi) is 22.1. The van der Waals surface area contributed by atoms with Gasteiger partial charge < -0.3 is 40.6 Å². The average molecular weight is 2070 g/mol. The van der Waals surface area contributed by atoms with Crippen LogP contribution in [0, 0.1) is 6.92 Å². The lowest BCUT2D eigenvalue weighted by atomic mass is 9.99. The van der Waals surface area contributed by atoms with E-state index >= 15 is 0 Å². The van der Waals surface area contributed by atoms with Crippen LogP contribution in [0.1, 0.15) is 26.3 Å². The number of thiophene rings is 1. The van der Waals surface area contributed by atoms with E-state index in [1.807, 2.05) is 186 Å². The number of carbonyl (C=O) groups excluding carboxylic acids is 2. The Labute approximate surface area is 805 Å². The molecular weight excluding hydrogens is 2000 g/mol. The quantitative estimate of drug-likeness (QED) is 0.133. The van der Waals surface area contributed by atoms with Gasteiger partial charge in [-0.25, -0.2) is 34.5 Å². The third-order valence-electron chi connectivity index (χ3n) is 24.2. The van der Waals surface area contributed by atoms with E-state index < -0.39 is 0 Å². The Balaban J connectivity index is 0.0000000972. The van der Waals surface area contributed by atoms with Crippen LogP contribution in [0.3, 0.4) is 0 Å². The van der Waals surface area contributed by atoms with Crippen LogP contribution in [0.2, 0.25) is 0 Å². The van der Waals surface area contributed by atoms with Crippen LogP contribution in [0.4, 0.5) is 0 Å². The number of aryl methyl sites for hydroxylation is 1. The number of esters is 2. The molecule has 0 unspecified atom stereocenters. The molecule has 0 spiro atoms. The van der Waals surface area contributed by atoms with Gasteiger partial charge >= 0.3 is 11.9 Å². The highest BCUT2D eigenvalue weighted by atomic mass is 79.9. The van der Waals surface area contributed by atoms with Crippen LogP contribution in [-0.2, 0) is 9.47 Å². The maximum absolute atomic E-state index is 12.9. The summed E-state index contributed by atoms with van der Waals surface area (Å²) in [7, 11) is 4.49. The molecule has 9 aromatic carbocycles. The predicted molar refractivity (Wildman–Crippen MR) is 558 cm³/mol. The minimum atomic E-state index is -0.363. The van der Waals surface area contributed by atoms with E-state index in [4.69, 9.17) is 43.5 Å². The largest absolute Gasteiger partial charge is 0.497 e. The number of carbonyl (C=O) groups is 2. The van der Waals surface area contributed by atoms with Crippen molar-refractivity contribution in [3.05, 3.63) is 397 Å². The number of fused-ring (bicyclic) bond motifs is 26. The zero-order valence-corrected chi connectivity index (χ0v) is 80.0. The highest BCUT2D eigenvalue weighted by Crippen LogP contribution is 2.46. The van der Waals surface area contributed by atoms with Gasteiger partial charge in [-0.05, 0) is 251 Å². The van der Waals surface area contributed by atoms with Gasteiger partial charge in [0, 0.05) is 136 Å². The number of pyridine rings is 10. The van der Waals surface area contributed by atoms with Gasteiger partial charge in [0.2, 0.25) is 0 Å². The minimum absolute atomic E-state index is 0.350. The number of hydrogen-bond donors (Lipinski definition) is 0. The van der Waals surface area contributed by atoms with Crippen molar-refractivity contribution in [2.45, 2.75) is 6.92 Å². The molecule has 0 radical (unpaired) electrons. The number of rotatable bonds is 8. The summed E-state index contributed by atoms with van der Waals surface area (Å²) >= 11 is 19.6. The molecule has 642 valence electrons. The summed E-state index contributed by atoms with van der Waals surface area (Å²) < 4.78 is 37.4. The fourth-order valence-corrected chi connectivity index (χ4v) is 21.1. The molecule has 16 nitrogen and oxygen atoms in total. The van der Waals surface area contributed by atoms with E-state index in [2.05, 4.69) is 275 Å². The van der Waals surface area contributed by atoms with Gasteiger partial charge in [0.25, 0.3) is 0 Å². The highest BCUT2D eigenvalue weighted by molar-refractivity contribution is 9.11. The van der Waals surface area contributed by atoms with Gasteiger partial charge in [0.05, 0.1) is 131 Å². The number of para-hydroxylation sites is 5. The fourth-order valence-electron chi connectivity index (χ4n) is 18.5. The minimum Gasteiger partial charge on any atom is -0.497 e. The van der Waals surface area contributed by atoms with E-state index in [1.165, 1.54) is 57.4 Å². The second-order valence-corrected chi connectivity index (χ2v) is 38.1. The second-order valence-electron chi connectivity index (χ2n) is 32.0. The van der Waals surface area contributed by atoms with Gasteiger partial charge in [-0.1, -0.05) is 174 Å². The number of benzene rings is 9. The van der Waals surface area contributed by atoms with Crippen LogP contribution in [0.25, 0.3) is 203 Å². The molecule has 133 heavy (non-hydrogen) atoms. The normalized spacial score (nSPS) is 11.6. The molecule has 0 bridgehead atoms. The molecule has 17 heterocycles. The van der Waals surface area contributed by atoms with Crippen LogP contribution < -0.4 is 4.74 Å². The van der Waals surface area contributed by atoms with E-state index in [1.54, 1.807) is 24.7 Å². The van der Waals surface area contributed by atoms with Crippen molar-refractivity contribution in [2.75, 3.05) is 21.3 Å². The number of ether oxygens (including phenoxy) is 3. The Hall–Kier alpha value is -14.5. The van der Waals surface area contributed by atoms with Gasteiger partial charge in [-0.15, -0.1) is 11.3 Å². The molecule has 0 atom stereocenters. The molecule has 0 fully saturated rings. The van der Waals surface area contributed by atoms with Crippen LogP contribution in [-0.4, -0.2) is 80.2 Å². The van der Waals surface area contributed by atoms with Crippen molar-refractivity contribution in [3.63, 3.8) is 0 Å². The lowest BCUT2D eigenvalue weighted by molar-refractivity contribution is 0.0596. The van der Waals surface area contributed by atoms with Gasteiger partial charge in [-0.3, -0.25) is 0 Å². The third-order valence-corrected chi connectivity index (χ3v) is 27.7. The molecule has 22 heteroatoms. The summed E-state index contributed by atoms with van der Waals surface area (Å²) in [5, 5.41) is 13.2. The summed E-state index contributed by atoms with van der Waals surface area (Å²) in [6.45, 7) is 2.03. The van der Waals surface area contributed by atoms with E-state index in [9.17, 15) is 9.59 Å². The van der Waals surface area contributed by atoms with E-state index in [-0.39, 0.29) is 11.9 Å². The molecule has 0 amide bonds. The summed E-state index contributed by atoms with van der Waals surface area (Å²) in [5.74, 6) is 0.831. The molecule has 0 aliphatic carbocycles. The van der Waals surface area contributed by atoms with Crippen LogP contribution >= 0.6 is 91.0 Å². The summed E-state index contributed by atoms with van der Waals surface area (Å²) in [5.41, 5.74) is 24.7. The molecule has 26 aromatic rings. The summed E-state index contributed by atoms with van der Waals surface area (Å²) in [4.78, 5) is 51.8. The maximum atomic E-state index is 12.9. The van der Waals surface area contributed by atoms with Crippen LogP contribution in [0.5, 0.6) is 5.75 Å². The molecule has 26 rings (SSSR count). The van der Waals surface area contributed by atoms with Gasteiger partial charge in [0.15, 0.2) is 5.76 Å². The molecule has 0 aliphatic heterocycles. The topological polar surface area (TPSA) is 161 Å². The smallest absolute Gasteiger partial charge is 0.340 e. The zero-order chi connectivity index (χ0) is 90.4.